The largest absolute Gasteiger partial charge is 0.550 e. The second-order valence-corrected chi connectivity index (χ2v) is 6.54. The second kappa shape index (κ2) is 7.00. The summed E-state index contributed by atoms with van der Waals surface area (Å²) >= 11 is 0. The predicted molar refractivity (Wildman–Crippen MR) is 75.6 cm³/mol. The van der Waals surface area contributed by atoms with Crippen LogP contribution in [0.15, 0.2) is 17.0 Å². The zero-order valence-electron chi connectivity index (χ0n) is 11.8. The van der Waals surface area contributed by atoms with Gasteiger partial charge in [-0.3, -0.25) is 20.2 Å². The number of nitro benzene ring substituents is 2. The molecule has 1 aromatic carbocycles. The molecule has 0 aromatic heterocycles. The van der Waals surface area contributed by atoms with Crippen LogP contribution in [0.2, 0.25) is 0 Å². The van der Waals surface area contributed by atoms with Gasteiger partial charge in [-0.05, 0) is 12.8 Å². The summed E-state index contributed by atoms with van der Waals surface area (Å²) in [7, 11) is -3.89. The molecule has 1 rings (SSSR count). The molecule has 12 heteroatoms. The molecule has 0 saturated carbocycles. The van der Waals surface area contributed by atoms with Gasteiger partial charge in [-0.25, -0.2) is 8.42 Å². The number of sulfone groups is 1. The molecule has 0 unspecified atom stereocenters. The number of hydrogen-bond donors (Lipinski definition) is 1. The number of carboxylic acid groups (broad SMARTS) is 1. The average molecular weight is 346 g/mol. The fourth-order valence-electron chi connectivity index (χ4n) is 1.72. The zero-order chi connectivity index (χ0) is 17.8. The Hall–Kier alpha value is -2.76. The van der Waals surface area contributed by atoms with Gasteiger partial charge in [0.1, 0.15) is 0 Å². The number of anilines is 1. The van der Waals surface area contributed by atoms with Crippen LogP contribution in [0.5, 0.6) is 0 Å². The van der Waals surface area contributed by atoms with E-state index in [0.29, 0.717) is 12.1 Å². The van der Waals surface area contributed by atoms with Crippen molar-refractivity contribution in [1.82, 2.24) is 0 Å². The van der Waals surface area contributed by atoms with Crippen LogP contribution in [0.3, 0.4) is 0 Å². The average Bonchev–Trinajstić information content (AvgIpc) is 2.41. The molecular formula is C11H12N3O8S-. The molecule has 0 bridgehead atoms. The highest BCUT2D eigenvalue weighted by atomic mass is 32.2. The number of nitro groups is 2. The Morgan fingerprint density at radius 1 is 1.17 bits per heavy atom. The molecule has 0 aliphatic rings. The maximum absolute atomic E-state index is 11.5. The molecule has 1 N–H and O–H groups in total. The van der Waals surface area contributed by atoms with Gasteiger partial charge in [-0.15, -0.1) is 0 Å². The van der Waals surface area contributed by atoms with Crippen LogP contribution in [0.25, 0.3) is 0 Å². The summed E-state index contributed by atoms with van der Waals surface area (Å²) in [6.45, 7) is -0.103. The Kier molecular flexibility index (Phi) is 5.57. The number of hydrogen-bond acceptors (Lipinski definition) is 9. The Labute approximate surface area is 130 Å². The normalized spacial score (nSPS) is 11.0. The van der Waals surface area contributed by atoms with Crippen molar-refractivity contribution < 1.29 is 28.2 Å². The highest BCUT2D eigenvalue weighted by molar-refractivity contribution is 7.90. The lowest BCUT2D eigenvalue weighted by atomic mass is 10.2. The number of rotatable bonds is 8. The molecule has 0 saturated heterocycles. The van der Waals surface area contributed by atoms with Crippen molar-refractivity contribution in [2.24, 2.45) is 0 Å². The quantitative estimate of drug-likeness (QED) is 0.381. The van der Waals surface area contributed by atoms with Crippen molar-refractivity contribution in [3.63, 3.8) is 0 Å². The molecule has 0 radical (unpaired) electrons. The number of aliphatic carboxylic acids is 1. The maximum atomic E-state index is 11.5. The lowest BCUT2D eigenvalue weighted by Crippen LogP contribution is -2.22. The van der Waals surface area contributed by atoms with E-state index in [0.717, 1.165) is 6.26 Å². The minimum atomic E-state index is -3.89. The van der Waals surface area contributed by atoms with Gasteiger partial charge in [0, 0.05) is 30.9 Å². The predicted octanol–water partition coefficient (Wildman–Crippen LogP) is -0.151. The smallest absolute Gasteiger partial charge is 0.300 e. The minimum Gasteiger partial charge on any atom is -0.550 e. The summed E-state index contributed by atoms with van der Waals surface area (Å²) in [4.78, 5) is 29.9. The molecule has 0 atom stereocenters. The highest BCUT2D eigenvalue weighted by Crippen LogP contribution is 2.37. The molecule has 0 aliphatic heterocycles. The van der Waals surface area contributed by atoms with Crippen molar-refractivity contribution in [2.45, 2.75) is 17.7 Å². The monoisotopic (exact) mass is 346 g/mol. The van der Waals surface area contributed by atoms with Gasteiger partial charge in [0.05, 0.1) is 14.7 Å². The van der Waals surface area contributed by atoms with E-state index in [9.17, 15) is 38.5 Å². The van der Waals surface area contributed by atoms with Crippen molar-refractivity contribution in [2.75, 3.05) is 18.1 Å². The number of carboxylic acids is 1. The third-order valence-electron chi connectivity index (χ3n) is 2.75. The third kappa shape index (κ3) is 4.88. The molecule has 0 heterocycles. The third-order valence-corrected chi connectivity index (χ3v) is 3.84. The van der Waals surface area contributed by atoms with Gasteiger partial charge in [0.15, 0.2) is 15.5 Å². The van der Waals surface area contributed by atoms with E-state index in [1.165, 1.54) is 0 Å². The zero-order valence-corrected chi connectivity index (χ0v) is 12.7. The minimum absolute atomic E-state index is 0.0183. The molecule has 126 valence electrons. The van der Waals surface area contributed by atoms with Gasteiger partial charge < -0.3 is 15.2 Å². The van der Waals surface area contributed by atoms with E-state index < -0.39 is 47.6 Å². The summed E-state index contributed by atoms with van der Waals surface area (Å²) in [5.41, 5.74) is -2.05. The summed E-state index contributed by atoms with van der Waals surface area (Å²) in [5.74, 6) is -1.33. The van der Waals surface area contributed by atoms with Gasteiger partial charge in [-0.1, -0.05) is 0 Å². The SMILES string of the molecule is CS(=O)(=O)c1cc([N+](=O)[O-])c(NCCCC(=O)[O-])c([N+](=O)[O-])c1. The van der Waals surface area contributed by atoms with Gasteiger partial charge in [-0.2, -0.15) is 0 Å². The number of carbonyl (C=O) groups is 1. The van der Waals surface area contributed by atoms with E-state index in [4.69, 9.17) is 0 Å². The first kappa shape index (κ1) is 18.3. The highest BCUT2D eigenvalue weighted by Gasteiger charge is 2.29. The summed E-state index contributed by atoms with van der Waals surface area (Å²) < 4.78 is 23.0. The van der Waals surface area contributed by atoms with Gasteiger partial charge >= 0.3 is 11.4 Å². The van der Waals surface area contributed by atoms with Crippen molar-refractivity contribution >= 4 is 32.9 Å². The summed E-state index contributed by atoms with van der Waals surface area (Å²) in [6, 6.07) is 1.42. The molecule has 0 fully saturated rings. The van der Waals surface area contributed by atoms with Crippen LogP contribution in [-0.4, -0.2) is 37.0 Å². The number of carbonyl (C=O) groups excluding carboxylic acids is 1. The first-order valence-electron chi connectivity index (χ1n) is 6.14. The van der Waals surface area contributed by atoms with E-state index in [1.54, 1.807) is 0 Å². The van der Waals surface area contributed by atoms with Crippen LogP contribution < -0.4 is 10.4 Å². The van der Waals surface area contributed by atoms with E-state index >= 15 is 0 Å². The first-order valence-corrected chi connectivity index (χ1v) is 8.03. The first-order chi connectivity index (χ1) is 10.5. The number of nitrogens with zero attached hydrogens (tertiary/aromatic N) is 2. The van der Waals surface area contributed by atoms with E-state index in [1.807, 2.05) is 0 Å². The number of benzene rings is 1. The van der Waals surface area contributed by atoms with Crippen LogP contribution in [-0.2, 0) is 14.6 Å². The summed E-state index contributed by atoms with van der Waals surface area (Å²) in [5, 5.41) is 34.8. The molecule has 1 aromatic rings. The fourth-order valence-corrected chi connectivity index (χ4v) is 2.37. The fraction of sp³-hybridized carbons (Fsp3) is 0.364. The molecule has 0 aliphatic carbocycles. The van der Waals surface area contributed by atoms with Crippen molar-refractivity contribution in [1.29, 1.82) is 0 Å². The van der Waals surface area contributed by atoms with Crippen LogP contribution in [0.1, 0.15) is 12.8 Å². The molecule has 23 heavy (non-hydrogen) atoms. The topological polar surface area (TPSA) is 173 Å². The van der Waals surface area contributed by atoms with Crippen LogP contribution in [0.4, 0.5) is 17.1 Å². The Morgan fingerprint density at radius 2 is 1.65 bits per heavy atom. The Morgan fingerprint density at radius 3 is 2.00 bits per heavy atom. The van der Waals surface area contributed by atoms with Gasteiger partial charge in [0.25, 0.3) is 0 Å². The molecule has 0 amide bonds. The van der Waals surface area contributed by atoms with Crippen LogP contribution >= 0.6 is 0 Å². The number of nitrogens with one attached hydrogen (secondary N) is 1. The van der Waals surface area contributed by atoms with Crippen LogP contribution in [0, 0.1) is 20.2 Å². The molecule has 0 spiro atoms. The maximum Gasteiger partial charge on any atom is 0.300 e. The van der Waals surface area contributed by atoms with E-state index in [-0.39, 0.29) is 19.4 Å². The standard InChI is InChI=1S/C11H13N3O8S/c1-23(21,22)7-5-8(13(17)18)11(9(6-7)14(19)20)12-4-2-3-10(15)16/h5-6,12H,2-4H2,1H3,(H,15,16)/p-1. The Bertz CT molecular complexity index is 724. The van der Waals surface area contributed by atoms with Gasteiger partial charge in [0.2, 0.25) is 0 Å². The Balaban J connectivity index is 3.33. The molecule has 11 nitrogen and oxygen atoms in total. The lowest BCUT2D eigenvalue weighted by molar-refractivity contribution is -0.392. The molecular weight excluding hydrogens is 334 g/mol. The summed E-state index contributed by atoms with van der Waals surface area (Å²) in [6.07, 6.45) is 0.448. The second-order valence-electron chi connectivity index (χ2n) is 4.53. The van der Waals surface area contributed by atoms with Crippen molar-refractivity contribution in [3.05, 3.63) is 32.4 Å². The van der Waals surface area contributed by atoms with Crippen molar-refractivity contribution in [3.8, 4) is 0 Å². The van der Waals surface area contributed by atoms with E-state index in [2.05, 4.69) is 5.32 Å². The lowest BCUT2D eigenvalue weighted by Gasteiger charge is -2.09.